The molecule has 0 aliphatic rings. The first-order chi connectivity index (χ1) is 9.12. The van der Waals surface area contributed by atoms with Crippen LogP contribution in [0.4, 0.5) is 0 Å². The highest BCUT2D eigenvalue weighted by atomic mass is 28.4. The summed E-state index contributed by atoms with van der Waals surface area (Å²) < 4.78 is 6.21. The van der Waals surface area contributed by atoms with Gasteiger partial charge in [0.25, 0.3) is 5.56 Å². The highest BCUT2D eigenvalue weighted by Gasteiger charge is 2.37. The monoisotopic (exact) mass is 296 g/mol. The zero-order chi connectivity index (χ0) is 15.6. The van der Waals surface area contributed by atoms with Crippen molar-refractivity contribution in [1.29, 1.82) is 0 Å². The number of nitrogens with two attached hydrogens (primary N) is 1. The second kappa shape index (κ2) is 6.24. The minimum atomic E-state index is -1.82. The molecule has 0 saturated heterocycles. The summed E-state index contributed by atoms with van der Waals surface area (Å²) in [6.45, 7) is 13.8. The first-order valence-electron chi connectivity index (χ1n) is 7.20. The van der Waals surface area contributed by atoms with Gasteiger partial charge in [-0.15, -0.1) is 0 Å². The number of nitrogens with one attached hydrogen (secondary N) is 1. The number of rotatable bonds is 5. The average molecular weight is 296 g/mol. The molecule has 1 aromatic rings. The third-order valence-corrected chi connectivity index (χ3v) is 8.74. The maximum atomic E-state index is 12.0. The molecule has 0 bridgehead atoms. The molecule has 20 heavy (non-hydrogen) atoms. The highest BCUT2D eigenvalue weighted by Crippen LogP contribution is 2.37. The van der Waals surface area contributed by atoms with Gasteiger partial charge in [0.05, 0.1) is 6.61 Å². The average Bonchev–Trinajstić information content (AvgIpc) is 2.34. The molecule has 1 heterocycles. The molecule has 1 aromatic heterocycles. The van der Waals surface area contributed by atoms with Gasteiger partial charge in [-0.05, 0) is 36.2 Å². The number of hydrogen-bond donors (Lipinski definition) is 2. The van der Waals surface area contributed by atoms with E-state index in [0.717, 1.165) is 17.7 Å². The molecule has 0 unspecified atom stereocenters. The van der Waals surface area contributed by atoms with E-state index in [1.165, 1.54) is 0 Å². The molecular formula is C15H28N2O2Si. The fourth-order valence-electron chi connectivity index (χ4n) is 1.72. The van der Waals surface area contributed by atoms with E-state index in [2.05, 4.69) is 38.8 Å². The van der Waals surface area contributed by atoms with Gasteiger partial charge in [0, 0.05) is 17.8 Å². The van der Waals surface area contributed by atoms with Crippen molar-refractivity contribution in [3.05, 3.63) is 33.2 Å². The van der Waals surface area contributed by atoms with Crippen molar-refractivity contribution < 1.29 is 4.43 Å². The Balaban J connectivity index is 3.03. The number of aromatic amines is 1. The third-order valence-electron chi connectivity index (χ3n) is 4.26. The van der Waals surface area contributed by atoms with Gasteiger partial charge in [-0.25, -0.2) is 0 Å². The summed E-state index contributed by atoms with van der Waals surface area (Å²) in [6.07, 6.45) is 0.799. The predicted octanol–water partition coefficient (Wildman–Crippen LogP) is 2.92. The molecule has 0 aliphatic carbocycles. The summed E-state index contributed by atoms with van der Waals surface area (Å²) in [7, 11) is -1.82. The van der Waals surface area contributed by atoms with Crippen molar-refractivity contribution in [2.75, 3.05) is 0 Å². The molecule has 0 atom stereocenters. The van der Waals surface area contributed by atoms with E-state index < -0.39 is 8.32 Å². The first kappa shape index (κ1) is 17.1. The number of hydrogen-bond acceptors (Lipinski definition) is 3. The Morgan fingerprint density at radius 2 is 1.95 bits per heavy atom. The normalized spacial score (nSPS) is 12.8. The number of pyridine rings is 1. The lowest BCUT2D eigenvalue weighted by atomic mass is 10.1. The van der Waals surface area contributed by atoms with Crippen LogP contribution in [0.25, 0.3) is 0 Å². The smallest absolute Gasteiger partial charge is 0.252 e. The Labute approximate surface area is 122 Å². The van der Waals surface area contributed by atoms with Crippen LogP contribution in [0.2, 0.25) is 18.1 Å². The molecule has 114 valence electrons. The summed E-state index contributed by atoms with van der Waals surface area (Å²) in [5.41, 5.74) is 8.12. The van der Waals surface area contributed by atoms with E-state index in [0.29, 0.717) is 12.2 Å². The lowest BCUT2D eigenvalue weighted by molar-refractivity contribution is 0.275. The van der Waals surface area contributed by atoms with E-state index in [9.17, 15) is 4.79 Å². The molecule has 3 N–H and O–H groups in total. The molecule has 4 nitrogen and oxygen atoms in total. The van der Waals surface area contributed by atoms with Crippen LogP contribution in [0, 0.1) is 0 Å². The van der Waals surface area contributed by atoms with E-state index >= 15 is 0 Å². The van der Waals surface area contributed by atoms with Gasteiger partial charge in [0.1, 0.15) is 0 Å². The Kier molecular flexibility index (Phi) is 5.35. The second-order valence-electron chi connectivity index (χ2n) is 6.73. The van der Waals surface area contributed by atoms with Gasteiger partial charge in [0.2, 0.25) is 0 Å². The van der Waals surface area contributed by atoms with Crippen LogP contribution >= 0.6 is 0 Å². The largest absolute Gasteiger partial charge is 0.413 e. The first-order valence-corrected chi connectivity index (χ1v) is 10.1. The SMILES string of the molecule is CCc1cc(CO[Si](C)(C)C(C)(C)C)c(CN)c(=O)[nH]1. The molecule has 0 amide bonds. The van der Waals surface area contributed by atoms with Crippen molar-refractivity contribution >= 4 is 8.32 Å². The maximum absolute atomic E-state index is 12.0. The standard InChI is InChI=1S/C15H28N2O2Si/c1-7-12-8-11(13(9-16)14(18)17-12)10-19-20(5,6)15(2,3)4/h8H,7,9-10,16H2,1-6H3,(H,17,18). The Bertz CT molecular complexity index is 516. The minimum Gasteiger partial charge on any atom is -0.413 e. The van der Waals surface area contributed by atoms with E-state index in [-0.39, 0.29) is 17.1 Å². The molecule has 0 saturated carbocycles. The molecule has 5 heteroatoms. The van der Waals surface area contributed by atoms with Gasteiger partial charge in [-0.2, -0.15) is 0 Å². The molecule has 0 aliphatic heterocycles. The van der Waals surface area contributed by atoms with E-state index in [1.807, 2.05) is 13.0 Å². The van der Waals surface area contributed by atoms with Crippen LogP contribution in [0.1, 0.15) is 44.5 Å². The fourth-order valence-corrected chi connectivity index (χ4v) is 2.67. The second-order valence-corrected chi connectivity index (χ2v) is 11.5. The van der Waals surface area contributed by atoms with Crippen LogP contribution in [-0.2, 0) is 24.0 Å². The van der Waals surface area contributed by atoms with Crippen LogP contribution in [0.15, 0.2) is 10.9 Å². The number of H-pyrrole nitrogens is 1. The van der Waals surface area contributed by atoms with Crippen LogP contribution in [0.5, 0.6) is 0 Å². The van der Waals surface area contributed by atoms with Gasteiger partial charge in [0.15, 0.2) is 8.32 Å². The van der Waals surface area contributed by atoms with Crippen molar-refractivity contribution in [3.63, 3.8) is 0 Å². The molecular weight excluding hydrogens is 268 g/mol. The number of aromatic nitrogens is 1. The quantitative estimate of drug-likeness (QED) is 0.821. The summed E-state index contributed by atoms with van der Waals surface area (Å²) in [5, 5.41) is 0.157. The summed E-state index contributed by atoms with van der Waals surface area (Å²) in [6, 6.07) is 2.01. The van der Waals surface area contributed by atoms with Crippen molar-refractivity contribution in [1.82, 2.24) is 4.98 Å². The van der Waals surface area contributed by atoms with Gasteiger partial charge in [-0.1, -0.05) is 27.7 Å². The van der Waals surface area contributed by atoms with Crippen molar-refractivity contribution in [2.45, 2.75) is 65.4 Å². The Hall–Kier alpha value is -0.913. The number of aryl methyl sites for hydroxylation is 1. The Morgan fingerprint density at radius 3 is 2.40 bits per heavy atom. The summed E-state index contributed by atoms with van der Waals surface area (Å²) in [5.74, 6) is 0. The topological polar surface area (TPSA) is 68.1 Å². The van der Waals surface area contributed by atoms with Gasteiger partial charge in [-0.3, -0.25) is 4.79 Å². The lowest BCUT2D eigenvalue weighted by Gasteiger charge is -2.36. The van der Waals surface area contributed by atoms with Crippen molar-refractivity contribution in [2.24, 2.45) is 5.73 Å². The van der Waals surface area contributed by atoms with Crippen LogP contribution < -0.4 is 11.3 Å². The van der Waals surface area contributed by atoms with Gasteiger partial charge >= 0.3 is 0 Å². The van der Waals surface area contributed by atoms with Crippen molar-refractivity contribution in [3.8, 4) is 0 Å². The molecule has 0 aromatic carbocycles. The summed E-state index contributed by atoms with van der Waals surface area (Å²) in [4.78, 5) is 14.9. The van der Waals surface area contributed by atoms with Crippen LogP contribution in [0.3, 0.4) is 0 Å². The van der Waals surface area contributed by atoms with E-state index in [1.54, 1.807) is 0 Å². The summed E-state index contributed by atoms with van der Waals surface area (Å²) >= 11 is 0. The fraction of sp³-hybridized carbons (Fsp3) is 0.667. The molecule has 0 spiro atoms. The molecule has 0 radical (unpaired) electrons. The minimum absolute atomic E-state index is 0.0827. The maximum Gasteiger partial charge on any atom is 0.252 e. The van der Waals surface area contributed by atoms with E-state index in [4.69, 9.17) is 10.2 Å². The molecule has 0 fully saturated rings. The Morgan fingerprint density at radius 1 is 1.35 bits per heavy atom. The highest BCUT2D eigenvalue weighted by molar-refractivity contribution is 6.74. The van der Waals surface area contributed by atoms with Crippen LogP contribution in [-0.4, -0.2) is 13.3 Å². The zero-order valence-electron chi connectivity index (χ0n) is 13.6. The molecule has 1 rings (SSSR count). The lowest BCUT2D eigenvalue weighted by Crippen LogP contribution is -2.40. The third kappa shape index (κ3) is 3.81. The zero-order valence-corrected chi connectivity index (χ0v) is 14.6. The van der Waals surface area contributed by atoms with Gasteiger partial charge < -0.3 is 15.1 Å². The predicted molar refractivity (Wildman–Crippen MR) is 86.3 cm³/mol.